The Labute approximate surface area is 190 Å². The molecule has 0 fully saturated rings. The van der Waals surface area contributed by atoms with Crippen molar-refractivity contribution in [1.29, 1.82) is 0 Å². The van der Waals surface area contributed by atoms with Crippen molar-refractivity contribution in [3.05, 3.63) is 101 Å². The van der Waals surface area contributed by atoms with Crippen LogP contribution >= 0.6 is 12.2 Å². The lowest BCUT2D eigenvalue weighted by atomic mass is 9.86. The molecule has 0 amide bonds. The molecule has 0 aliphatic rings. The number of carbonyl (C=O) groups is 1. The first-order valence-corrected chi connectivity index (χ1v) is 10.9. The second kappa shape index (κ2) is 9.44. The van der Waals surface area contributed by atoms with Crippen molar-refractivity contribution in [3.8, 4) is 0 Å². The van der Waals surface area contributed by atoms with Crippen LogP contribution in [0.15, 0.2) is 72.8 Å². The third-order valence-corrected chi connectivity index (χ3v) is 5.62. The summed E-state index contributed by atoms with van der Waals surface area (Å²) in [6.07, 6.45) is 0. The molecule has 0 saturated heterocycles. The van der Waals surface area contributed by atoms with Crippen molar-refractivity contribution in [2.75, 3.05) is 5.32 Å². The molecule has 1 atom stereocenters. The Balaban J connectivity index is 1.69. The van der Waals surface area contributed by atoms with E-state index in [4.69, 9.17) is 12.2 Å². The summed E-state index contributed by atoms with van der Waals surface area (Å²) in [5, 5.41) is 7.05. The van der Waals surface area contributed by atoms with Gasteiger partial charge in [-0.2, -0.15) is 0 Å². The van der Waals surface area contributed by atoms with E-state index < -0.39 is 0 Å². The van der Waals surface area contributed by atoms with Crippen LogP contribution in [0.4, 0.5) is 5.69 Å². The lowest BCUT2D eigenvalue weighted by Crippen LogP contribution is -2.31. The summed E-state index contributed by atoms with van der Waals surface area (Å²) in [5.41, 5.74) is 5.78. The van der Waals surface area contributed by atoms with Crippen molar-refractivity contribution in [2.45, 2.75) is 46.1 Å². The summed E-state index contributed by atoms with van der Waals surface area (Å²) in [7, 11) is 0. The molecular formula is C27H30N2OS. The second-order valence-corrected chi connectivity index (χ2v) is 9.32. The van der Waals surface area contributed by atoms with Crippen LogP contribution in [0.25, 0.3) is 0 Å². The van der Waals surface area contributed by atoms with Crippen molar-refractivity contribution in [2.24, 2.45) is 0 Å². The van der Waals surface area contributed by atoms with Crippen LogP contribution in [0.5, 0.6) is 0 Å². The molecule has 0 aliphatic heterocycles. The summed E-state index contributed by atoms with van der Waals surface area (Å²) in [6.45, 7) is 10.7. The zero-order valence-electron chi connectivity index (χ0n) is 18.8. The van der Waals surface area contributed by atoms with Crippen LogP contribution in [-0.2, 0) is 5.41 Å². The Morgan fingerprint density at radius 3 is 2.23 bits per heavy atom. The second-order valence-electron chi connectivity index (χ2n) is 8.91. The number of anilines is 1. The number of nitrogens with one attached hydrogen (secondary N) is 2. The molecule has 3 aromatic rings. The highest BCUT2D eigenvalue weighted by atomic mass is 32.1. The van der Waals surface area contributed by atoms with E-state index in [0.29, 0.717) is 16.2 Å². The van der Waals surface area contributed by atoms with E-state index in [2.05, 4.69) is 57.4 Å². The highest BCUT2D eigenvalue weighted by Crippen LogP contribution is 2.23. The monoisotopic (exact) mass is 430 g/mol. The van der Waals surface area contributed by atoms with Crippen LogP contribution in [-0.4, -0.2) is 10.9 Å². The summed E-state index contributed by atoms with van der Waals surface area (Å²) in [6, 6.07) is 23.6. The Kier molecular flexibility index (Phi) is 6.91. The van der Waals surface area contributed by atoms with Crippen LogP contribution < -0.4 is 10.6 Å². The predicted octanol–water partition coefficient (Wildman–Crippen LogP) is 6.57. The van der Waals surface area contributed by atoms with Gasteiger partial charge in [0.25, 0.3) is 0 Å². The molecule has 0 saturated carbocycles. The van der Waals surface area contributed by atoms with Gasteiger partial charge >= 0.3 is 0 Å². The number of rotatable bonds is 5. The first kappa shape index (κ1) is 22.7. The van der Waals surface area contributed by atoms with E-state index >= 15 is 0 Å². The molecule has 3 rings (SSSR count). The number of thiocarbonyl (C=S) groups is 1. The Morgan fingerprint density at radius 2 is 1.58 bits per heavy atom. The van der Waals surface area contributed by atoms with Crippen molar-refractivity contribution >= 4 is 28.8 Å². The lowest BCUT2D eigenvalue weighted by molar-refractivity contribution is 0.103. The summed E-state index contributed by atoms with van der Waals surface area (Å²) in [4.78, 5) is 13.0. The molecule has 31 heavy (non-hydrogen) atoms. The maximum atomic E-state index is 13.0. The lowest BCUT2D eigenvalue weighted by Gasteiger charge is -2.19. The highest BCUT2D eigenvalue weighted by molar-refractivity contribution is 7.80. The van der Waals surface area contributed by atoms with Gasteiger partial charge in [0.2, 0.25) is 0 Å². The normalized spacial score (nSPS) is 12.2. The minimum absolute atomic E-state index is 0.00346. The smallest absolute Gasteiger partial charge is 0.193 e. The van der Waals surface area contributed by atoms with E-state index in [-0.39, 0.29) is 17.2 Å². The zero-order chi connectivity index (χ0) is 22.6. The molecule has 0 radical (unpaired) electrons. The van der Waals surface area contributed by atoms with E-state index in [1.807, 2.05) is 60.7 Å². The third kappa shape index (κ3) is 5.80. The van der Waals surface area contributed by atoms with Crippen LogP contribution in [0.3, 0.4) is 0 Å². The number of carbonyl (C=O) groups excluding carboxylic acids is 1. The summed E-state index contributed by atoms with van der Waals surface area (Å²) >= 11 is 5.50. The van der Waals surface area contributed by atoms with Gasteiger partial charge in [0.15, 0.2) is 10.9 Å². The average molecular weight is 431 g/mol. The number of aryl methyl sites for hydroxylation is 1. The molecule has 0 heterocycles. The largest absolute Gasteiger partial charge is 0.356 e. The van der Waals surface area contributed by atoms with Gasteiger partial charge in [0.05, 0.1) is 6.04 Å². The van der Waals surface area contributed by atoms with Gasteiger partial charge in [-0.1, -0.05) is 81.4 Å². The van der Waals surface area contributed by atoms with Crippen molar-refractivity contribution < 1.29 is 4.79 Å². The maximum absolute atomic E-state index is 13.0. The Hall–Kier alpha value is -2.98. The number of ketones is 1. The van der Waals surface area contributed by atoms with Crippen molar-refractivity contribution in [3.63, 3.8) is 0 Å². The summed E-state index contributed by atoms with van der Waals surface area (Å²) < 4.78 is 0. The van der Waals surface area contributed by atoms with Gasteiger partial charge in [0, 0.05) is 16.8 Å². The van der Waals surface area contributed by atoms with Crippen molar-refractivity contribution in [1.82, 2.24) is 5.32 Å². The molecule has 0 aromatic heterocycles. The van der Waals surface area contributed by atoms with Gasteiger partial charge in [-0.25, -0.2) is 0 Å². The van der Waals surface area contributed by atoms with Crippen LogP contribution in [0.1, 0.15) is 66.3 Å². The standard InChI is InChI=1S/C27H30N2OS/c1-18-9-6-7-12-24(18)19(2)28-26(31)29-23-11-8-10-21(17-23)25(30)20-13-15-22(16-14-20)27(3,4)5/h6-17,19H,1-5H3,(H2,28,29,31)/t19-/m0/s1. The topological polar surface area (TPSA) is 41.1 Å². The van der Waals surface area contributed by atoms with Gasteiger partial charge in [0.1, 0.15) is 0 Å². The number of benzene rings is 3. The van der Waals surface area contributed by atoms with Gasteiger partial charge in [-0.05, 0) is 60.3 Å². The molecule has 160 valence electrons. The fourth-order valence-electron chi connectivity index (χ4n) is 3.54. The molecule has 0 aliphatic carbocycles. The van der Waals surface area contributed by atoms with Gasteiger partial charge < -0.3 is 10.6 Å². The molecule has 4 heteroatoms. The number of hydrogen-bond acceptors (Lipinski definition) is 2. The molecule has 0 bridgehead atoms. The predicted molar refractivity (Wildman–Crippen MR) is 134 cm³/mol. The SMILES string of the molecule is Cc1ccccc1[C@H](C)NC(=S)Nc1cccc(C(=O)c2ccc(C(C)(C)C)cc2)c1. The minimum Gasteiger partial charge on any atom is -0.356 e. The van der Waals surface area contributed by atoms with Crippen LogP contribution in [0, 0.1) is 6.92 Å². The first-order valence-electron chi connectivity index (χ1n) is 10.5. The van der Waals surface area contributed by atoms with E-state index in [1.54, 1.807) is 0 Å². The third-order valence-electron chi connectivity index (χ3n) is 5.40. The number of hydrogen-bond donors (Lipinski definition) is 2. The molecular weight excluding hydrogens is 400 g/mol. The van der Waals surface area contributed by atoms with Crippen LogP contribution in [0.2, 0.25) is 0 Å². The fraction of sp³-hybridized carbons (Fsp3) is 0.259. The molecule has 2 N–H and O–H groups in total. The summed E-state index contributed by atoms with van der Waals surface area (Å²) in [5.74, 6) is -0.00346. The molecule has 0 spiro atoms. The average Bonchev–Trinajstić information content (AvgIpc) is 2.73. The maximum Gasteiger partial charge on any atom is 0.193 e. The Bertz CT molecular complexity index is 1080. The fourth-order valence-corrected chi connectivity index (χ4v) is 3.84. The Morgan fingerprint density at radius 1 is 0.903 bits per heavy atom. The highest BCUT2D eigenvalue weighted by Gasteiger charge is 2.15. The van der Waals surface area contributed by atoms with E-state index in [1.165, 1.54) is 16.7 Å². The minimum atomic E-state index is -0.00346. The zero-order valence-corrected chi connectivity index (χ0v) is 19.6. The van der Waals surface area contributed by atoms with E-state index in [0.717, 1.165) is 5.69 Å². The van der Waals surface area contributed by atoms with Gasteiger partial charge in [-0.15, -0.1) is 0 Å². The molecule has 3 nitrogen and oxygen atoms in total. The van der Waals surface area contributed by atoms with E-state index in [9.17, 15) is 4.79 Å². The molecule has 0 unspecified atom stereocenters. The molecule has 3 aromatic carbocycles. The van der Waals surface area contributed by atoms with Gasteiger partial charge in [-0.3, -0.25) is 4.79 Å². The first-order chi connectivity index (χ1) is 14.6. The quantitative estimate of drug-likeness (QED) is 0.355.